The number of rotatable bonds is 6. The molecule has 24 heavy (non-hydrogen) atoms. The highest BCUT2D eigenvalue weighted by Crippen LogP contribution is 2.33. The van der Waals surface area contributed by atoms with Gasteiger partial charge < -0.3 is 9.47 Å². The van der Waals surface area contributed by atoms with E-state index >= 15 is 0 Å². The minimum atomic E-state index is 0.00771. The van der Waals surface area contributed by atoms with Gasteiger partial charge in [0.05, 0.1) is 30.5 Å². The third-order valence-electron chi connectivity index (χ3n) is 3.73. The van der Waals surface area contributed by atoms with Crippen molar-refractivity contribution in [2.24, 2.45) is 0 Å². The maximum Gasteiger partial charge on any atom is 0.272 e. The maximum absolute atomic E-state index is 13.0. The van der Waals surface area contributed by atoms with Crippen molar-refractivity contribution in [2.45, 2.75) is 29.8 Å². The number of hydrogen-bond donors (Lipinski definition) is 0. The zero-order valence-electron chi connectivity index (χ0n) is 14.0. The summed E-state index contributed by atoms with van der Waals surface area (Å²) in [4.78, 5) is 18.5. The van der Waals surface area contributed by atoms with E-state index in [-0.39, 0.29) is 5.56 Å². The molecule has 1 aromatic carbocycles. The molecule has 7 heteroatoms. The molecule has 0 N–H and O–H groups in total. The predicted octanol–water partition coefficient (Wildman–Crippen LogP) is 3.40. The van der Waals surface area contributed by atoms with Crippen molar-refractivity contribution in [3.63, 3.8) is 0 Å². The van der Waals surface area contributed by atoms with E-state index in [0.29, 0.717) is 11.5 Å². The molecular weight excluding hydrogens is 344 g/mol. The molecule has 0 unspecified atom stereocenters. The van der Waals surface area contributed by atoms with E-state index < -0.39 is 0 Å². The van der Waals surface area contributed by atoms with Crippen LogP contribution < -0.4 is 15.0 Å². The monoisotopic (exact) mass is 364 g/mol. The Bertz CT molecular complexity index is 805. The molecule has 3 rings (SSSR count). The SMILES string of the molecule is CCCSc1nc2c(c(=O)n1-c1ccc(OC)c(OC)c1)SCC2. The van der Waals surface area contributed by atoms with Crippen LogP contribution in [-0.4, -0.2) is 35.3 Å². The number of thioether (sulfide) groups is 2. The minimum Gasteiger partial charge on any atom is -0.493 e. The van der Waals surface area contributed by atoms with E-state index in [1.165, 1.54) is 0 Å². The van der Waals surface area contributed by atoms with Gasteiger partial charge >= 0.3 is 0 Å². The van der Waals surface area contributed by atoms with E-state index in [4.69, 9.17) is 14.5 Å². The van der Waals surface area contributed by atoms with Crippen molar-refractivity contribution < 1.29 is 9.47 Å². The van der Waals surface area contributed by atoms with Crippen LogP contribution in [-0.2, 0) is 6.42 Å². The number of ether oxygens (including phenoxy) is 2. The van der Waals surface area contributed by atoms with Gasteiger partial charge in [-0.2, -0.15) is 0 Å². The molecule has 0 radical (unpaired) electrons. The minimum absolute atomic E-state index is 0.00771. The van der Waals surface area contributed by atoms with Crippen LogP contribution in [0.3, 0.4) is 0 Å². The van der Waals surface area contributed by atoms with Crippen LogP contribution in [0.1, 0.15) is 19.0 Å². The highest BCUT2D eigenvalue weighted by molar-refractivity contribution is 7.99. The molecule has 0 atom stereocenters. The van der Waals surface area contributed by atoms with Gasteiger partial charge in [0.2, 0.25) is 0 Å². The summed E-state index contributed by atoms with van der Waals surface area (Å²) in [6.45, 7) is 2.12. The third kappa shape index (κ3) is 3.15. The Balaban J connectivity index is 2.17. The summed E-state index contributed by atoms with van der Waals surface area (Å²) in [7, 11) is 3.19. The van der Waals surface area contributed by atoms with Crippen LogP contribution in [0.4, 0.5) is 0 Å². The second kappa shape index (κ2) is 7.53. The fraction of sp³-hybridized carbons (Fsp3) is 0.412. The zero-order chi connectivity index (χ0) is 17.1. The Labute approximate surface area is 149 Å². The Morgan fingerprint density at radius 3 is 2.79 bits per heavy atom. The molecule has 1 aliphatic heterocycles. The van der Waals surface area contributed by atoms with E-state index in [1.807, 2.05) is 18.2 Å². The number of aryl methyl sites for hydroxylation is 1. The molecule has 1 aromatic heterocycles. The lowest BCUT2D eigenvalue weighted by Crippen LogP contribution is -2.24. The normalized spacial score (nSPS) is 13.0. The topological polar surface area (TPSA) is 53.4 Å². The third-order valence-corrected chi connectivity index (χ3v) is 5.98. The van der Waals surface area contributed by atoms with Crippen molar-refractivity contribution >= 4 is 23.5 Å². The highest BCUT2D eigenvalue weighted by Gasteiger charge is 2.23. The molecule has 0 spiro atoms. The van der Waals surface area contributed by atoms with Crippen LogP contribution >= 0.6 is 23.5 Å². The first-order valence-corrected chi connectivity index (χ1v) is 9.80. The molecule has 1 aliphatic rings. The fourth-order valence-corrected chi connectivity index (χ4v) is 4.48. The van der Waals surface area contributed by atoms with E-state index in [0.717, 1.165) is 45.8 Å². The molecule has 0 aliphatic carbocycles. The van der Waals surface area contributed by atoms with Gasteiger partial charge in [-0.3, -0.25) is 9.36 Å². The van der Waals surface area contributed by atoms with Crippen molar-refractivity contribution in [1.82, 2.24) is 9.55 Å². The predicted molar refractivity (Wildman–Crippen MR) is 98.4 cm³/mol. The Morgan fingerprint density at radius 2 is 2.08 bits per heavy atom. The number of benzene rings is 1. The maximum atomic E-state index is 13.0. The van der Waals surface area contributed by atoms with Crippen LogP contribution in [0, 0.1) is 0 Å². The van der Waals surface area contributed by atoms with Crippen LogP contribution in [0.15, 0.2) is 33.0 Å². The largest absolute Gasteiger partial charge is 0.493 e. The number of hydrogen-bond acceptors (Lipinski definition) is 6. The van der Waals surface area contributed by atoms with Gasteiger partial charge in [0.15, 0.2) is 16.7 Å². The number of fused-ring (bicyclic) bond motifs is 1. The second-order valence-corrected chi connectivity index (χ2v) is 7.46. The van der Waals surface area contributed by atoms with Gasteiger partial charge in [0.25, 0.3) is 5.56 Å². The van der Waals surface area contributed by atoms with E-state index in [9.17, 15) is 4.79 Å². The summed E-state index contributed by atoms with van der Waals surface area (Å²) in [5.74, 6) is 3.08. The van der Waals surface area contributed by atoms with Crippen molar-refractivity contribution in [3.8, 4) is 17.2 Å². The molecule has 5 nitrogen and oxygen atoms in total. The standard InChI is InChI=1S/C17H20N2O3S2/c1-4-8-24-17-18-12-7-9-23-15(12)16(20)19(17)11-5-6-13(21-2)14(10-11)22-3/h5-6,10H,4,7-9H2,1-3H3. The smallest absolute Gasteiger partial charge is 0.272 e. The molecule has 128 valence electrons. The summed E-state index contributed by atoms with van der Waals surface area (Å²) in [6, 6.07) is 5.51. The Kier molecular flexibility index (Phi) is 5.40. The van der Waals surface area contributed by atoms with Gasteiger partial charge in [0, 0.05) is 24.0 Å². The van der Waals surface area contributed by atoms with Gasteiger partial charge in [-0.1, -0.05) is 18.7 Å². The van der Waals surface area contributed by atoms with Gasteiger partial charge in [-0.05, 0) is 18.6 Å². The zero-order valence-corrected chi connectivity index (χ0v) is 15.6. The lowest BCUT2D eigenvalue weighted by atomic mass is 10.2. The first kappa shape index (κ1) is 17.2. The molecule has 0 amide bonds. The Hall–Kier alpha value is -1.60. The molecule has 0 fully saturated rings. The first-order chi connectivity index (χ1) is 11.7. The van der Waals surface area contributed by atoms with Crippen molar-refractivity contribution in [2.75, 3.05) is 25.7 Å². The number of nitrogens with zero attached hydrogens (tertiary/aromatic N) is 2. The molecule has 2 aromatic rings. The van der Waals surface area contributed by atoms with Crippen LogP contribution in [0.2, 0.25) is 0 Å². The summed E-state index contributed by atoms with van der Waals surface area (Å²) < 4.78 is 12.4. The number of aromatic nitrogens is 2. The first-order valence-electron chi connectivity index (χ1n) is 7.83. The van der Waals surface area contributed by atoms with Gasteiger partial charge in [-0.15, -0.1) is 11.8 Å². The molecule has 0 saturated carbocycles. The lowest BCUT2D eigenvalue weighted by molar-refractivity contribution is 0.354. The van der Waals surface area contributed by atoms with Crippen LogP contribution in [0.25, 0.3) is 5.69 Å². The molecule has 0 bridgehead atoms. The average molecular weight is 364 g/mol. The van der Waals surface area contributed by atoms with Crippen molar-refractivity contribution in [3.05, 3.63) is 34.2 Å². The summed E-state index contributed by atoms with van der Waals surface area (Å²) >= 11 is 3.21. The quantitative estimate of drug-likeness (QED) is 0.578. The van der Waals surface area contributed by atoms with E-state index in [2.05, 4.69) is 6.92 Å². The fourth-order valence-electron chi connectivity index (χ4n) is 2.57. The molecule has 0 saturated heterocycles. The van der Waals surface area contributed by atoms with Gasteiger partial charge in [-0.25, -0.2) is 4.98 Å². The summed E-state index contributed by atoms with van der Waals surface area (Å²) in [5.41, 5.74) is 1.69. The van der Waals surface area contributed by atoms with Crippen molar-refractivity contribution in [1.29, 1.82) is 0 Å². The molecular formula is C17H20N2O3S2. The number of methoxy groups -OCH3 is 2. The summed E-state index contributed by atoms with van der Waals surface area (Å²) in [5, 5.41) is 0.746. The average Bonchev–Trinajstić information content (AvgIpc) is 3.08. The second-order valence-electron chi connectivity index (χ2n) is 5.30. The summed E-state index contributed by atoms with van der Waals surface area (Å²) in [6.07, 6.45) is 1.89. The van der Waals surface area contributed by atoms with Crippen LogP contribution in [0.5, 0.6) is 11.5 Å². The Morgan fingerprint density at radius 1 is 1.29 bits per heavy atom. The van der Waals surface area contributed by atoms with E-state index in [1.54, 1.807) is 42.3 Å². The highest BCUT2D eigenvalue weighted by atomic mass is 32.2. The van der Waals surface area contributed by atoms with Gasteiger partial charge in [0.1, 0.15) is 0 Å². The molecule has 2 heterocycles. The lowest BCUT2D eigenvalue weighted by Gasteiger charge is -2.15.